The third-order valence-corrected chi connectivity index (χ3v) is 5.08. The fourth-order valence-electron chi connectivity index (χ4n) is 2.24. The lowest BCUT2D eigenvalue weighted by Crippen LogP contribution is -2.16. The SMILES string of the molecule is O=[N+]([O-])c1ccc(Cl)c2c1[S+]([O-])c1ccccc1C2. The van der Waals surface area contributed by atoms with Crippen molar-refractivity contribution in [2.45, 2.75) is 16.2 Å². The molecule has 0 spiro atoms. The zero-order chi connectivity index (χ0) is 13.6. The molecule has 1 aliphatic rings. The number of fused-ring (bicyclic) bond motifs is 2. The number of halogens is 1. The number of hydrogen-bond donors (Lipinski definition) is 0. The molecule has 96 valence electrons. The van der Waals surface area contributed by atoms with Crippen molar-refractivity contribution in [3.05, 3.63) is 62.7 Å². The fraction of sp³-hybridized carbons (Fsp3) is 0.0769. The molecule has 1 unspecified atom stereocenters. The second kappa shape index (κ2) is 4.52. The van der Waals surface area contributed by atoms with Gasteiger partial charge in [-0.15, -0.1) is 0 Å². The maximum absolute atomic E-state index is 12.5. The van der Waals surface area contributed by atoms with Crippen molar-refractivity contribution in [1.29, 1.82) is 0 Å². The highest BCUT2D eigenvalue weighted by atomic mass is 35.5. The Morgan fingerprint density at radius 2 is 1.95 bits per heavy atom. The monoisotopic (exact) mass is 293 g/mol. The van der Waals surface area contributed by atoms with Crippen LogP contribution in [0.3, 0.4) is 0 Å². The summed E-state index contributed by atoms with van der Waals surface area (Å²) in [4.78, 5) is 11.4. The van der Waals surface area contributed by atoms with Gasteiger partial charge >= 0.3 is 5.69 Å². The van der Waals surface area contributed by atoms with E-state index in [1.54, 1.807) is 12.1 Å². The molecule has 0 N–H and O–H groups in total. The van der Waals surface area contributed by atoms with Crippen molar-refractivity contribution >= 4 is 28.5 Å². The topological polar surface area (TPSA) is 66.2 Å². The Balaban J connectivity index is 2.28. The first kappa shape index (κ1) is 12.5. The van der Waals surface area contributed by atoms with Gasteiger partial charge in [0.25, 0.3) is 0 Å². The number of hydrogen-bond acceptors (Lipinski definition) is 3. The van der Waals surface area contributed by atoms with Gasteiger partial charge in [0.2, 0.25) is 4.90 Å². The second-order valence-electron chi connectivity index (χ2n) is 4.18. The highest BCUT2D eigenvalue weighted by Crippen LogP contribution is 2.42. The number of nitro groups is 1. The Kier molecular flexibility index (Phi) is 2.97. The number of nitrogens with zero attached hydrogens (tertiary/aromatic N) is 1. The first-order valence-electron chi connectivity index (χ1n) is 5.55. The molecule has 6 heteroatoms. The number of nitro benzene ring substituents is 1. The lowest BCUT2D eigenvalue weighted by molar-refractivity contribution is -0.387. The molecule has 0 saturated heterocycles. The van der Waals surface area contributed by atoms with E-state index in [1.807, 2.05) is 12.1 Å². The molecule has 4 nitrogen and oxygen atoms in total. The minimum atomic E-state index is -1.56. The molecule has 0 saturated carbocycles. The largest absolute Gasteiger partial charge is 0.606 e. The Morgan fingerprint density at radius 3 is 2.68 bits per heavy atom. The molecule has 0 amide bonds. The van der Waals surface area contributed by atoms with E-state index in [1.165, 1.54) is 12.1 Å². The van der Waals surface area contributed by atoms with Crippen LogP contribution in [0.15, 0.2) is 46.2 Å². The maximum atomic E-state index is 12.5. The lowest BCUT2D eigenvalue weighted by Gasteiger charge is -2.21. The molecule has 2 aromatic carbocycles. The Bertz CT molecular complexity index is 690. The summed E-state index contributed by atoms with van der Waals surface area (Å²) in [5, 5.41) is 11.5. The number of benzene rings is 2. The summed E-state index contributed by atoms with van der Waals surface area (Å²) < 4.78 is 12.5. The first-order valence-corrected chi connectivity index (χ1v) is 7.08. The minimum Gasteiger partial charge on any atom is -0.606 e. The lowest BCUT2D eigenvalue weighted by atomic mass is 10.0. The maximum Gasteiger partial charge on any atom is 0.324 e. The molecule has 1 heterocycles. The van der Waals surface area contributed by atoms with Crippen LogP contribution in [-0.4, -0.2) is 9.48 Å². The Hall–Kier alpha value is -1.56. The molecule has 19 heavy (non-hydrogen) atoms. The first-order chi connectivity index (χ1) is 9.09. The van der Waals surface area contributed by atoms with Crippen molar-refractivity contribution in [2.24, 2.45) is 0 Å². The summed E-state index contributed by atoms with van der Waals surface area (Å²) in [6, 6.07) is 10.0. The van der Waals surface area contributed by atoms with Crippen LogP contribution < -0.4 is 0 Å². The van der Waals surface area contributed by atoms with E-state index in [0.717, 1.165) is 5.56 Å². The third-order valence-electron chi connectivity index (χ3n) is 3.10. The van der Waals surface area contributed by atoms with Gasteiger partial charge in [0.15, 0.2) is 4.90 Å². The smallest absolute Gasteiger partial charge is 0.324 e. The molecule has 0 fully saturated rings. The zero-order valence-electron chi connectivity index (χ0n) is 9.63. The fourth-order valence-corrected chi connectivity index (χ4v) is 4.06. The van der Waals surface area contributed by atoms with Gasteiger partial charge in [-0.05, 0) is 12.1 Å². The van der Waals surface area contributed by atoms with Crippen molar-refractivity contribution in [2.75, 3.05) is 0 Å². The van der Waals surface area contributed by atoms with Gasteiger partial charge < -0.3 is 4.55 Å². The van der Waals surface area contributed by atoms with E-state index in [2.05, 4.69) is 0 Å². The standard InChI is InChI=1S/C13H8ClNO3S/c14-10-5-6-11(15(16)17)13-9(10)7-8-3-1-2-4-12(8)19(13)18/h1-6H,7H2. The highest BCUT2D eigenvalue weighted by molar-refractivity contribution is 7.91. The van der Waals surface area contributed by atoms with Gasteiger partial charge in [0.1, 0.15) is 0 Å². The normalized spacial score (nSPS) is 16.6. The van der Waals surface area contributed by atoms with Crippen LogP contribution in [0.2, 0.25) is 5.02 Å². The minimum absolute atomic E-state index is 0.132. The van der Waals surface area contributed by atoms with Crippen molar-refractivity contribution in [3.8, 4) is 0 Å². The van der Waals surface area contributed by atoms with Crippen molar-refractivity contribution in [3.63, 3.8) is 0 Å². The predicted octanol–water partition coefficient (Wildman–Crippen LogP) is 3.32. The van der Waals surface area contributed by atoms with Crippen LogP contribution in [0.4, 0.5) is 5.69 Å². The molecule has 1 aliphatic heterocycles. The number of rotatable bonds is 1. The van der Waals surface area contributed by atoms with E-state index >= 15 is 0 Å². The molecule has 0 bridgehead atoms. The van der Waals surface area contributed by atoms with Gasteiger partial charge in [-0.3, -0.25) is 10.1 Å². The van der Waals surface area contributed by atoms with Crippen LogP contribution in [0.1, 0.15) is 11.1 Å². The second-order valence-corrected chi connectivity index (χ2v) is 5.98. The quantitative estimate of drug-likeness (QED) is 0.460. The Morgan fingerprint density at radius 1 is 1.21 bits per heavy atom. The van der Waals surface area contributed by atoms with Crippen molar-refractivity contribution in [1.82, 2.24) is 0 Å². The molecular weight excluding hydrogens is 286 g/mol. The summed E-state index contributed by atoms with van der Waals surface area (Å²) >= 11 is 4.54. The molecule has 0 radical (unpaired) electrons. The van der Waals surface area contributed by atoms with Gasteiger partial charge in [-0.1, -0.05) is 29.8 Å². The van der Waals surface area contributed by atoms with Crippen LogP contribution in [0, 0.1) is 10.1 Å². The summed E-state index contributed by atoms with van der Waals surface area (Å²) in [5.74, 6) is 0. The van der Waals surface area contributed by atoms with E-state index in [4.69, 9.17) is 11.6 Å². The van der Waals surface area contributed by atoms with Crippen LogP contribution in [-0.2, 0) is 17.6 Å². The van der Waals surface area contributed by atoms with Crippen LogP contribution in [0.25, 0.3) is 0 Å². The van der Waals surface area contributed by atoms with Gasteiger partial charge in [-0.2, -0.15) is 0 Å². The summed E-state index contributed by atoms with van der Waals surface area (Å²) in [7, 11) is 0. The molecule has 2 aromatic rings. The zero-order valence-corrected chi connectivity index (χ0v) is 11.2. The summed E-state index contributed by atoms with van der Waals surface area (Å²) in [6.45, 7) is 0. The van der Waals surface area contributed by atoms with Crippen molar-refractivity contribution < 1.29 is 9.48 Å². The predicted molar refractivity (Wildman–Crippen MR) is 72.0 cm³/mol. The van der Waals surface area contributed by atoms with Crippen LogP contribution in [0.5, 0.6) is 0 Å². The van der Waals surface area contributed by atoms with Gasteiger partial charge in [-0.25, -0.2) is 0 Å². The average molecular weight is 294 g/mol. The average Bonchev–Trinajstić information content (AvgIpc) is 2.40. The van der Waals surface area contributed by atoms with E-state index < -0.39 is 16.1 Å². The molecule has 0 aliphatic carbocycles. The molecule has 3 rings (SSSR count). The van der Waals surface area contributed by atoms with Gasteiger partial charge in [0.05, 0.1) is 4.92 Å². The summed E-state index contributed by atoms with van der Waals surface area (Å²) in [5.41, 5.74) is 1.36. The molecule has 1 atom stereocenters. The van der Waals surface area contributed by atoms with E-state index in [9.17, 15) is 14.7 Å². The molecule has 0 aromatic heterocycles. The highest BCUT2D eigenvalue weighted by Gasteiger charge is 2.37. The van der Waals surface area contributed by atoms with E-state index in [-0.39, 0.29) is 10.6 Å². The van der Waals surface area contributed by atoms with E-state index in [0.29, 0.717) is 21.9 Å². The third kappa shape index (κ3) is 1.90. The molecular formula is C13H8ClNO3S. The van der Waals surface area contributed by atoms with Crippen LogP contribution >= 0.6 is 11.6 Å². The van der Waals surface area contributed by atoms with Gasteiger partial charge in [0, 0.05) is 39.8 Å². The Labute approximate surface area is 117 Å². The summed E-state index contributed by atoms with van der Waals surface area (Å²) in [6.07, 6.45) is 0.470.